The maximum absolute atomic E-state index is 2.52. The Morgan fingerprint density at radius 2 is 0.970 bits per heavy atom. The van der Waals surface area contributed by atoms with Crippen molar-refractivity contribution < 1.29 is 0 Å². The monoisotopic (exact) mass is 859 g/mol. The number of para-hydroxylation sites is 1. The molecule has 10 aromatic rings. The summed E-state index contributed by atoms with van der Waals surface area (Å²) in [6.07, 6.45) is 14.5. The van der Waals surface area contributed by atoms with Gasteiger partial charge in [-0.15, -0.1) is 0 Å². The summed E-state index contributed by atoms with van der Waals surface area (Å²) in [5.74, 6) is 0. The Bertz CT molecular complexity index is 3560. The minimum absolute atomic E-state index is 0.279. The molecule has 0 bridgehead atoms. The highest BCUT2D eigenvalue weighted by Gasteiger charge is 2.38. The summed E-state index contributed by atoms with van der Waals surface area (Å²) in [4.78, 5) is 2.52. The first-order valence-corrected chi connectivity index (χ1v) is 26.3. The first kappa shape index (κ1) is 39.8. The van der Waals surface area contributed by atoms with Gasteiger partial charge in [0.2, 0.25) is 0 Å². The van der Waals surface area contributed by atoms with Crippen LogP contribution in [0.3, 0.4) is 0 Å². The molecule has 1 heterocycles. The van der Waals surface area contributed by atoms with E-state index in [0.717, 1.165) is 6.42 Å². The molecule has 2 heteroatoms. The molecule has 1 atom stereocenters. The van der Waals surface area contributed by atoms with Crippen LogP contribution in [0.25, 0.3) is 89.0 Å². The lowest BCUT2D eigenvalue weighted by molar-refractivity contribution is 0.785. The van der Waals surface area contributed by atoms with Crippen LogP contribution in [-0.4, -0.2) is 14.1 Å². The molecule has 0 amide bonds. The summed E-state index contributed by atoms with van der Waals surface area (Å²) in [6.45, 7) is 5.05. The fourth-order valence-corrected chi connectivity index (χ4v) is 14.0. The van der Waals surface area contributed by atoms with E-state index in [1.165, 1.54) is 110 Å². The molecule has 12 rings (SSSR count). The van der Waals surface area contributed by atoms with Gasteiger partial charge in [0.15, 0.2) is 0 Å². The van der Waals surface area contributed by atoms with Gasteiger partial charge in [-0.3, -0.25) is 0 Å². The van der Waals surface area contributed by atoms with Crippen LogP contribution in [0.5, 0.6) is 0 Å². The van der Waals surface area contributed by atoms with E-state index >= 15 is 0 Å². The molecule has 0 radical (unpaired) electrons. The zero-order chi connectivity index (χ0) is 44.2. The van der Waals surface area contributed by atoms with E-state index in [1.807, 2.05) is 0 Å². The second kappa shape index (κ2) is 16.3. The fraction of sp³-hybridized carbons (Fsp3) is 0.0625. The molecule has 66 heavy (non-hydrogen) atoms. The Morgan fingerprint density at radius 1 is 0.424 bits per heavy atom. The van der Waals surface area contributed by atoms with Crippen LogP contribution in [0.15, 0.2) is 231 Å². The molecule has 0 aromatic heterocycles. The Hall–Kier alpha value is -7.78. The highest BCUT2D eigenvalue weighted by Crippen LogP contribution is 2.49. The van der Waals surface area contributed by atoms with Crippen molar-refractivity contribution in [1.82, 2.24) is 0 Å². The van der Waals surface area contributed by atoms with Gasteiger partial charge in [-0.1, -0.05) is 225 Å². The smallest absolute Gasteiger partial charge is 0.113 e. The summed E-state index contributed by atoms with van der Waals surface area (Å²) in [6, 6.07) is 77.0. The normalized spacial score (nSPS) is 14.8. The molecule has 2 aliphatic rings. The predicted molar refractivity (Wildman–Crippen MR) is 288 cm³/mol. The number of allylic oxidation sites excluding steroid dienone is 2. The van der Waals surface area contributed by atoms with Crippen molar-refractivity contribution in [2.45, 2.75) is 25.6 Å². The standard InChI is InChI=1S/C64H49NSi/c1-66(2)60-41-45(35-39-54(60)55-40-38-51(42-61(55)66)65(49-23-11-5-12-24-49)50-25-13-6-14-26-50)32-31-44-33-36-47(37-34-44)58-43-59(46-19-7-3-8-20-46)63-56-29-17-15-27-52(56)53-28-16-18-30-57(53)64(63)62(58)48-21-9-4-10-22-48/h3-25,27-43,50H,26H2,1-2H3/b32-31+. The lowest BCUT2D eigenvalue weighted by Gasteiger charge is -2.33. The summed E-state index contributed by atoms with van der Waals surface area (Å²) >= 11 is 0. The van der Waals surface area contributed by atoms with E-state index < -0.39 is 8.07 Å². The van der Waals surface area contributed by atoms with Gasteiger partial charge in [-0.2, -0.15) is 0 Å². The van der Waals surface area contributed by atoms with Crippen molar-refractivity contribution in [2.24, 2.45) is 0 Å². The highest BCUT2D eigenvalue weighted by molar-refractivity contribution is 7.03. The number of anilines is 2. The minimum atomic E-state index is -2.00. The quantitative estimate of drug-likeness (QED) is 0.0836. The van der Waals surface area contributed by atoms with Gasteiger partial charge in [0.1, 0.15) is 8.07 Å². The Kier molecular flexibility index (Phi) is 9.85. The Balaban J connectivity index is 0.921. The number of benzene rings is 10. The van der Waals surface area contributed by atoms with Crippen LogP contribution in [-0.2, 0) is 0 Å². The van der Waals surface area contributed by atoms with Crippen LogP contribution in [0.4, 0.5) is 11.4 Å². The maximum Gasteiger partial charge on any atom is 0.113 e. The average molecular weight is 860 g/mol. The van der Waals surface area contributed by atoms with Crippen LogP contribution in [0.2, 0.25) is 13.1 Å². The maximum atomic E-state index is 2.52. The Labute approximate surface area is 389 Å². The number of hydrogen-bond donors (Lipinski definition) is 0. The second-order valence-electron chi connectivity index (χ2n) is 18.4. The van der Waals surface area contributed by atoms with Crippen molar-refractivity contribution in [3.05, 3.63) is 242 Å². The van der Waals surface area contributed by atoms with Crippen LogP contribution in [0.1, 0.15) is 17.5 Å². The van der Waals surface area contributed by atoms with Gasteiger partial charge in [-0.05, 0) is 135 Å². The lowest BCUT2D eigenvalue weighted by Crippen LogP contribution is -2.49. The molecule has 314 valence electrons. The molecule has 1 aliphatic heterocycles. The topological polar surface area (TPSA) is 3.24 Å². The molecule has 0 N–H and O–H groups in total. The van der Waals surface area contributed by atoms with E-state index in [1.54, 1.807) is 0 Å². The zero-order valence-corrected chi connectivity index (χ0v) is 38.3. The largest absolute Gasteiger partial charge is 0.334 e. The summed E-state index contributed by atoms with van der Waals surface area (Å²) in [7, 11) is -2.00. The van der Waals surface area contributed by atoms with Crippen molar-refractivity contribution in [1.29, 1.82) is 0 Å². The molecule has 1 aliphatic carbocycles. The van der Waals surface area contributed by atoms with Crippen molar-refractivity contribution in [3.8, 4) is 44.5 Å². The third-order valence-electron chi connectivity index (χ3n) is 14.1. The number of hydrogen-bond acceptors (Lipinski definition) is 1. The first-order chi connectivity index (χ1) is 32.5. The first-order valence-electron chi connectivity index (χ1n) is 23.3. The molecule has 1 nitrogen and oxygen atoms in total. The Morgan fingerprint density at radius 3 is 1.64 bits per heavy atom. The molecule has 0 saturated carbocycles. The van der Waals surface area contributed by atoms with Crippen LogP contribution in [0, 0.1) is 0 Å². The molecule has 0 fully saturated rings. The molecular formula is C64H49NSi. The van der Waals surface area contributed by atoms with Gasteiger partial charge in [0.25, 0.3) is 0 Å². The summed E-state index contributed by atoms with van der Waals surface area (Å²) in [5, 5.41) is 10.7. The van der Waals surface area contributed by atoms with Crippen molar-refractivity contribution >= 4 is 74.3 Å². The van der Waals surface area contributed by atoms with E-state index in [9.17, 15) is 0 Å². The summed E-state index contributed by atoms with van der Waals surface area (Å²) < 4.78 is 0. The van der Waals surface area contributed by atoms with Gasteiger partial charge in [-0.25, -0.2) is 0 Å². The van der Waals surface area contributed by atoms with Crippen LogP contribution < -0.4 is 15.3 Å². The predicted octanol–water partition coefficient (Wildman–Crippen LogP) is 16.1. The molecule has 1 unspecified atom stereocenters. The van der Waals surface area contributed by atoms with Crippen LogP contribution >= 0.6 is 0 Å². The molecule has 0 saturated heterocycles. The third-order valence-corrected chi connectivity index (χ3v) is 17.7. The number of nitrogens with zero attached hydrogens (tertiary/aromatic N) is 1. The highest BCUT2D eigenvalue weighted by atomic mass is 28.3. The van der Waals surface area contributed by atoms with Gasteiger partial charge in [0, 0.05) is 11.4 Å². The summed E-state index contributed by atoms with van der Waals surface area (Å²) in [5.41, 5.74) is 15.1. The fourth-order valence-electron chi connectivity index (χ4n) is 10.9. The molecule has 0 spiro atoms. The van der Waals surface area contributed by atoms with Crippen molar-refractivity contribution in [3.63, 3.8) is 0 Å². The average Bonchev–Trinajstić information content (AvgIpc) is 3.61. The minimum Gasteiger partial charge on any atom is -0.334 e. The third kappa shape index (κ3) is 6.76. The lowest BCUT2D eigenvalue weighted by atomic mass is 9.81. The number of rotatable bonds is 8. The molecular weight excluding hydrogens is 811 g/mol. The van der Waals surface area contributed by atoms with Gasteiger partial charge < -0.3 is 4.90 Å². The number of fused-ring (bicyclic) bond motifs is 9. The molecule has 10 aromatic carbocycles. The van der Waals surface area contributed by atoms with Gasteiger partial charge in [0.05, 0.1) is 6.04 Å². The van der Waals surface area contributed by atoms with E-state index in [2.05, 4.69) is 261 Å². The van der Waals surface area contributed by atoms with E-state index in [0.29, 0.717) is 0 Å². The van der Waals surface area contributed by atoms with Crippen molar-refractivity contribution in [2.75, 3.05) is 4.90 Å². The van der Waals surface area contributed by atoms with E-state index in [-0.39, 0.29) is 6.04 Å². The SMILES string of the molecule is C[Si]1(C)c2cc(/C=C/c3ccc(-c4cc(-c5ccccc5)c5c6ccccc6c6ccccc6c5c4-c4ccccc4)cc3)ccc2-c2ccc(N(c3ccccc3)C3C=CC=CC3)cc21. The van der Waals surface area contributed by atoms with E-state index in [4.69, 9.17) is 0 Å². The second-order valence-corrected chi connectivity index (χ2v) is 22.7. The zero-order valence-electron chi connectivity index (χ0n) is 37.3. The van der Waals surface area contributed by atoms with Gasteiger partial charge >= 0.3 is 0 Å².